The molecule has 2 heterocycles. The van der Waals surface area contributed by atoms with Gasteiger partial charge in [0.15, 0.2) is 5.11 Å². The maximum absolute atomic E-state index is 12.1. The van der Waals surface area contributed by atoms with Gasteiger partial charge in [-0.05, 0) is 63.4 Å². The van der Waals surface area contributed by atoms with Crippen LogP contribution in [-0.4, -0.2) is 54.1 Å². The fourth-order valence-corrected chi connectivity index (χ4v) is 3.40. The summed E-state index contributed by atoms with van der Waals surface area (Å²) in [6.07, 6.45) is 4.16. The van der Waals surface area contributed by atoms with Gasteiger partial charge in [0.25, 0.3) is 5.91 Å². The third-order valence-electron chi connectivity index (χ3n) is 4.81. The predicted octanol–water partition coefficient (Wildman–Crippen LogP) is 2.74. The molecule has 1 saturated heterocycles. The molecule has 0 spiro atoms. The van der Waals surface area contributed by atoms with Crippen LogP contribution in [-0.2, 0) is 0 Å². The number of carbonyl (C=O) groups is 1. The van der Waals surface area contributed by atoms with Gasteiger partial charge in [-0.2, -0.15) is 0 Å². The number of benzene rings is 1. The Morgan fingerprint density at radius 3 is 2.44 bits per heavy atom. The van der Waals surface area contributed by atoms with Crippen LogP contribution in [0.3, 0.4) is 0 Å². The highest BCUT2D eigenvalue weighted by atomic mass is 32.1. The van der Waals surface area contributed by atoms with Gasteiger partial charge in [0.05, 0.1) is 11.9 Å². The van der Waals surface area contributed by atoms with Crippen molar-refractivity contribution in [1.29, 1.82) is 0 Å². The fraction of sp³-hybridized carbons (Fsp3) is 0.350. The van der Waals surface area contributed by atoms with Crippen molar-refractivity contribution in [3.05, 3.63) is 54.2 Å². The minimum absolute atomic E-state index is 0.232. The van der Waals surface area contributed by atoms with E-state index in [4.69, 9.17) is 12.2 Å². The zero-order valence-corrected chi connectivity index (χ0v) is 16.5. The predicted molar refractivity (Wildman–Crippen MR) is 113 cm³/mol. The van der Waals surface area contributed by atoms with E-state index in [9.17, 15) is 4.79 Å². The zero-order valence-electron chi connectivity index (χ0n) is 15.7. The molecule has 0 saturated carbocycles. The summed E-state index contributed by atoms with van der Waals surface area (Å²) in [4.78, 5) is 21.2. The molecule has 2 N–H and O–H groups in total. The number of hydrogen-bond acceptors (Lipinski definition) is 5. The Morgan fingerprint density at radius 2 is 1.85 bits per heavy atom. The number of aromatic nitrogens is 1. The van der Waals surface area contributed by atoms with Crippen LogP contribution >= 0.6 is 12.2 Å². The van der Waals surface area contributed by atoms with Crippen LogP contribution in [0.1, 0.15) is 23.2 Å². The van der Waals surface area contributed by atoms with Crippen LogP contribution in [0.15, 0.2) is 48.7 Å². The van der Waals surface area contributed by atoms with Crippen LogP contribution in [0.5, 0.6) is 0 Å². The lowest BCUT2D eigenvalue weighted by molar-refractivity contribution is 0.0977. The minimum atomic E-state index is -0.242. The summed E-state index contributed by atoms with van der Waals surface area (Å²) >= 11 is 5.21. The number of amides is 1. The lowest BCUT2D eigenvalue weighted by atomic mass is 10.0. The van der Waals surface area contributed by atoms with Crippen molar-refractivity contribution in [3.63, 3.8) is 0 Å². The second-order valence-corrected chi connectivity index (χ2v) is 7.27. The lowest BCUT2D eigenvalue weighted by Gasteiger charge is -2.36. The Balaban J connectivity index is 1.52. The average molecular weight is 384 g/mol. The van der Waals surface area contributed by atoms with E-state index >= 15 is 0 Å². The Bertz CT molecular complexity index is 771. The van der Waals surface area contributed by atoms with Gasteiger partial charge in [0, 0.05) is 24.7 Å². The highest BCUT2D eigenvalue weighted by Crippen LogP contribution is 2.21. The topological polar surface area (TPSA) is 60.5 Å². The molecule has 7 heteroatoms. The SMILES string of the molecule is CN(C)C1CCN(c2ccc(NC(=S)NC(=O)c3ccccc3)nc2)CC1. The Morgan fingerprint density at radius 1 is 1.15 bits per heavy atom. The van der Waals surface area contributed by atoms with Gasteiger partial charge < -0.3 is 15.1 Å². The monoisotopic (exact) mass is 383 g/mol. The molecule has 1 aliphatic rings. The third-order valence-corrected chi connectivity index (χ3v) is 5.02. The maximum atomic E-state index is 12.1. The first-order valence-electron chi connectivity index (χ1n) is 9.08. The molecular weight excluding hydrogens is 358 g/mol. The molecule has 1 aromatic carbocycles. The van der Waals surface area contributed by atoms with Crippen molar-refractivity contribution >= 4 is 34.7 Å². The summed E-state index contributed by atoms with van der Waals surface area (Å²) in [6, 6.07) is 13.5. The molecule has 6 nitrogen and oxygen atoms in total. The first-order valence-corrected chi connectivity index (χ1v) is 9.48. The first-order chi connectivity index (χ1) is 13.0. The Hall–Kier alpha value is -2.51. The number of thiocarbonyl (C=S) groups is 1. The second kappa shape index (κ2) is 8.92. The van der Waals surface area contributed by atoms with Gasteiger partial charge in [-0.3, -0.25) is 10.1 Å². The Kier molecular flexibility index (Phi) is 6.36. The van der Waals surface area contributed by atoms with Crippen molar-refractivity contribution in [1.82, 2.24) is 15.2 Å². The average Bonchev–Trinajstić information content (AvgIpc) is 2.69. The normalized spacial score (nSPS) is 14.9. The van der Waals surface area contributed by atoms with Gasteiger partial charge in [0.1, 0.15) is 5.82 Å². The lowest BCUT2D eigenvalue weighted by Crippen LogP contribution is -2.42. The first kappa shape index (κ1) is 19.3. The molecule has 1 aliphatic heterocycles. The second-order valence-electron chi connectivity index (χ2n) is 6.86. The minimum Gasteiger partial charge on any atom is -0.370 e. The van der Waals surface area contributed by atoms with Crippen LogP contribution in [0, 0.1) is 0 Å². The van der Waals surface area contributed by atoms with Crippen molar-refractivity contribution in [2.75, 3.05) is 37.4 Å². The van der Waals surface area contributed by atoms with Crippen LogP contribution in [0.4, 0.5) is 11.5 Å². The van der Waals surface area contributed by atoms with E-state index in [-0.39, 0.29) is 11.0 Å². The summed E-state index contributed by atoms with van der Waals surface area (Å²) in [5.41, 5.74) is 1.67. The molecule has 3 rings (SSSR count). The van der Waals surface area contributed by atoms with E-state index in [1.165, 1.54) is 0 Å². The van der Waals surface area contributed by atoms with Gasteiger partial charge in [0.2, 0.25) is 0 Å². The van der Waals surface area contributed by atoms with Gasteiger partial charge in [-0.15, -0.1) is 0 Å². The summed E-state index contributed by atoms with van der Waals surface area (Å²) in [6.45, 7) is 2.06. The largest absolute Gasteiger partial charge is 0.370 e. The number of nitrogens with one attached hydrogen (secondary N) is 2. The number of nitrogens with zero attached hydrogens (tertiary/aromatic N) is 3. The van der Waals surface area contributed by atoms with E-state index in [1.54, 1.807) is 12.1 Å². The summed E-state index contributed by atoms with van der Waals surface area (Å²) in [5.74, 6) is 0.369. The van der Waals surface area contributed by atoms with E-state index in [0.717, 1.165) is 31.6 Å². The number of anilines is 2. The van der Waals surface area contributed by atoms with E-state index < -0.39 is 0 Å². The molecule has 1 fully saturated rings. The number of piperidine rings is 1. The standard InChI is InChI=1S/C20H25N5OS/c1-24(2)16-10-12-25(13-11-16)17-8-9-18(21-14-17)22-20(27)23-19(26)15-6-4-3-5-7-15/h3-9,14,16H,10-13H2,1-2H3,(H2,21,22,23,26,27). The van der Waals surface area contributed by atoms with Crippen LogP contribution in [0.2, 0.25) is 0 Å². The molecular formula is C20H25N5OS. The van der Waals surface area contributed by atoms with Crippen LogP contribution < -0.4 is 15.5 Å². The number of carbonyl (C=O) groups excluding carboxylic acids is 1. The molecule has 27 heavy (non-hydrogen) atoms. The van der Waals surface area contributed by atoms with E-state index in [1.807, 2.05) is 36.5 Å². The van der Waals surface area contributed by atoms with E-state index in [0.29, 0.717) is 17.4 Å². The summed E-state index contributed by atoms with van der Waals surface area (Å²) in [7, 11) is 4.28. The number of hydrogen-bond donors (Lipinski definition) is 2. The van der Waals surface area contributed by atoms with Crippen molar-refractivity contribution in [2.24, 2.45) is 0 Å². The highest BCUT2D eigenvalue weighted by molar-refractivity contribution is 7.80. The quantitative estimate of drug-likeness (QED) is 0.792. The van der Waals surface area contributed by atoms with Gasteiger partial charge in [-0.25, -0.2) is 4.98 Å². The van der Waals surface area contributed by atoms with Crippen LogP contribution in [0.25, 0.3) is 0 Å². The smallest absolute Gasteiger partial charge is 0.257 e. The zero-order chi connectivity index (χ0) is 19.2. The highest BCUT2D eigenvalue weighted by Gasteiger charge is 2.20. The molecule has 142 valence electrons. The molecule has 0 radical (unpaired) electrons. The van der Waals surface area contributed by atoms with Gasteiger partial charge >= 0.3 is 0 Å². The molecule has 0 unspecified atom stereocenters. The summed E-state index contributed by atoms with van der Waals surface area (Å²) in [5, 5.41) is 5.85. The fourth-order valence-electron chi connectivity index (χ4n) is 3.20. The Labute approximate surface area is 165 Å². The van der Waals surface area contributed by atoms with Crippen molar-refractivity contribution < 1.29 is 4.79 Å². The molecule has 0 atom stereocenters. The molecule has 0 bridgehead atoms. The molecule has 1 amide bonds. The van der Waals surface area contributed by atoms with Gasteiger partial charge in [-0.1, -0.05) is 18.2 Å². The maximum Gasteiger partial charge on any atom is 0.257 e. The molecule has 1 aromatic heterocycles. The molecule has 2 aromatic rings. The van der Waals surface area contributed by atoms with Crippen molar-refractivity contribution in [2.45, 2.75) is 18.9 Å². The summed E-state index contributed by atoms with van der Waals surface area (Å²) < 4.78 is 0. The third kappa shape index (κ3) is 5.24. The molecule has 0 aliphatic carbocycles. The van der Waals surface area contributed by atoms with E-state index in [2.05, 4.69) is 39.5 Å². The van der Waals surface area contributed by atoms with Crippen molar-refractivity contribution in [3.8, 4) is 0 Å². The number of pyridine rings is 1. The number of rotatable bonds is 4.